The van der Waals surface area contributed by atoms with Crippen molar-refractivity contribution in [2.75, 3.05) is 25.4 Å². The Balaban J connectivity index is 2.35. The van der Waals surface area contributed by atoms with Crippen LogP contribution in [0.5, 0.6) is 0 Å². The van der Waals surface area contributed by atoms with Crippen LogP contribution >= 0.6 is 11.8 Å². The number of piperidine rings is 1. The van der Waals surface area contributed by atoms with E-state index in [4.69, 9.17) is 4.74 Å². The number of carbonyl (C=O) groups is 1. The Bertz CT molecular complexity index is 246. The van der Waals surface area contributed by atoms with Gasteiger partial charge >= 0.3 is 0 Å². The van der Waals surface area contributed by atoms with Crippen molar-refractivity contribution in [3.8, 4) is 0 Å². The summed E-state index contributed by atoms with van der Waals surface area (Å²) in [5, 5.41) is 0.0944. The lowest BCUT2D eigenvalue weighted by atomic mass is 10.1. The Hall–Kier alpha value is -0.220. The number of carbonyl (C=O) groups excluding carboxylic acids is 1. The van der Waals surface area contributed by atoms with E-state index in [-0.39, 0.29) is 11.4 Å². The number of unbranched alkanes of at least 4 members (excludes halogenated alkanes) is 1. The molecule has 0 spiro atoms. The first-order valence-electron chi connectivity index (χ1n) is 7.21. The number of hydrogen-bond acceptors (Lipinski definition) is 3. The maximum Gasteiger partial charge on any atom is 0.235 e. The molecule has 2 unspecified atom stereocenters. The van der Waals surface area contributed by atoms with Crippen LogP contribution in [-0.4, -0.2) is 47.6 Å². The Kier molecular flexibility index (Phi) is 7.75. The number of hydrogen-bond donors (Lipinski definition) is 0. The molecule has 1 saturated heterocycles. The van der Waals surface area contributed by atoms with Gasteiger partial charge in [0.05, 0.1) is 11.4 Å². The van der Waals surface area contributed by atoms with Crippen LogP contribution in [0.2, 0.25) is 0 Å². The van der Waals surface area contributed by atoms with Gasteiger partial charge in [-0.15, -0.1) is 11.8 Å². The minimum atomic E-state index is 0.0944. The third kappa shape index (κ3) is 5.19. The van der Waals surface area contributed by atoms with Gasteiger partial charge in [0.1, 0.15) is 0 Å². The van der Waals surface area contributed by atoms with Gasteiger partial charge in [0, 0.05) is 19.7 Å². The average Bonchev–Trinajstić information content (AvgIpc) is 2.39. The summed E-state index contributed by atoms with van der Waals surface area (Å²) < 4.78 is 5.64. The second-order valence-electron chi connectivity index (χ2n) is 4.87. The molecule has 0 radical (unpaired) electrons. The maximum atomic E-state index is 12.3. The second kappa shape index (κ2) is 8.81. The van der Waals surface area contributed by atoms with Crippen molar-refractivity contribution >= 4 is 17.7 Å². The zero-order valence-electron chi connectivity index (χ0n) is 12.0. The largest absolute Gasteiger partial charge is 0.377 e. The molecule has 0 aliphatic carbocycles. The van der Waals surface area contributed by atoms with E-state index in [1.807, 2.05) is 18.7 Å². The predicted molar refractivity (Wildman–Crippen MR) is 78.1 cm³/mol. The van der Waals surface area contributed by atoms with Crippen molar-refractivity contribution in [3.05, 3.63) is 0 Å². The van der Waals surface area contributed by atoms with E-state index < -0.39 is 0 Å². The summed E-state index contributed by atoms with van der Waals surface area (Å²) in [7, 11) is 0. The Morgan fingerprint density at radius 1 is 1.50 bits per heavy atom. The molecule has 0 bridgehead atoms. The summed E-state index contributed by atoms with van der Waals surface area (Å²) in [6.07, 6.45) is 4.81. The fraction of sp³-hybridized carbons (Fsp3) is 0.929. The van der Waals surface area contributed by atoms with E-state index in [1.165, 1.54) is 12.8 Å². The number of ether oxygens (including phenoxy) is 1. The summed E-state index contributed by atoms with van der Waals surface area (Å²) in [4.78, 5) is 14.3. The zero-order chi connectivity index (χ0) is 13.4. The van der Waals surface area contributed by atoms with Crippen LogP contribution < -0.4 is 0 Å². The molecule has 2 atom stereocenters. The summed E-state index contributed by atoms with van der Waals surface area (Å²) >= 11 is 1.79. The number of likely N-dealkylation sites (tertiary alicyclic amines) is 1. The molecule has 18 heavy (non-hydrogen) atoms. The summed E-state index contributed by atoms with van der Waals surface area (Å²) in [6.45, 7) is 8.67. The quantitative estimate of drug-likeness (QED) is 0.668. The molecule has 0 aromatic carbocycles. The van der Waals surface area contributed by atoms with Gasteiger partial charge in [-0.2, -0.15) is 0 Å². The van der Waals surface area contributed by atoms with Gasteiger partial charge in [0.2, 0.25) is 5.91 Å². The van der Waals surface area contributed by atoms with Gasteiger partial charge in [0.25, 0.3) is 0 Å². The Morgan fingerprint density at radius 3 is 2.94 bits per heavy atom. The van der Waals surface area contributed by atoms with Gasteiger partial charge in [0.15, 0.2) is 0 Å². The number of rotatable bonds is 7. The molecule has 1 aliphatic heterocycles. The molecule has 0 aromatic heterocycles. The van der Waals surface area contributed by atoms with Crippen molar-refractivity contribution in [2.45, 2.75) is 57.8 Å². The van der Waals surface area contributed by atoms with E-state index in [1.54, 1.807) is 11.8 Å². The molecule has 0 N–H and O–H groups in total. The molecule has 1 rings (SSSR count). The van der Waals surface area contributed by atoms with Crippen molar-refractivity contribution in [1.82, 2.24) is 4.90 Å². The Labute approximate surface area is 116 Å². The minimum absolute atomic E-state index is 0.0944. The first-order valence-corrected chi connectivity index (χ1v) is 8.25. The third-order valence-corrected chi connectivity index (χ3v) is 4.53. The average molecular weight is 273 g/mol. The molecule has 0 saturated carbocycles. The van der Waals surface area contributed by atoms with Crippen LogP contribution in [0.15, 0.2) is 0 Å². The molecule has 0 aromatic rings. The second-order valence-corrected chi connectivity index (χ2v) is 6.32. The van der Waals surface area contributed by atoms with Gasteiger partial charge < -0.3 is 9.64 Å². The van der Waals surface area contributed by atoms with Crippen LogP contribution in [-0.2, 0) is 9.53 Å². The fourth-order valence-electron chi connectivity index (χ4n) is 2.24. The SMILES string of the molecule is CCCCSC(C)C(=O)N1CCCC(OCC)C1. The molecule has 1 amide bonds. The van der Waals surface area contributed by atoms with Crippen molar-refractivity contribution < 1.29 is 9.53 Å². The lowest BCUT2D eigenvalue weighted by Crippen LogP contribution is -2.46. The summed E-state index contributed by atoms with van der Waals surface area (Å²) in [5.41, 5.74) is 0. The standard InChI is InChI=1S/C14H27NO2S/c1-4-6-10-18-12(3)14(16)15-9-7-8-13(11-15)17-5-2/h12-13H,4-11H2,1-3H3. The van der Waals surface area contributed by atoms with E-state index in [2.05, 4.69) is 6.92 Å². The molecular weight excluding hydrogens is 246 g/mol. The summed E-state index contributed by atoms with van der Waals surface area (Å²) in [5.74, 6) is 1.38. The Morgan fingerprint density at radius 2 is 2.28 bits per heavy atom. The van der Waals surface area contributed by atoms with Crippen LogP contribution in [0.3, 0.4) is 0 Å². The molecular formula is C14H27NO2S. The number of thioether (sulfide) groups is 1. The van der Waals surface area contributed by atoms with Crippen LogP contribution in [0.1, 0.15) is 46.5 Å². The molecule has 1 aliphatic rings. The molecule has 1 heterocycles. The normalized spacial score (nSPS) is 21.9. The molecule has 4 heteroatoms. The summed E-state index contributed by atoms with van der Waals surface area (Å²) in [6, 6.07) is 0. The van der Waals surface area contributed by atoms with Crippen LogP contribution in [0.25, 0.3) is 0 Å². The molecule has 106 valence electrons. The topological polar surface area (TPSA) is 29.5 Å². The number of nitrogens with zero attached hydrogens (tertiary/aromatic N) is 1. The lowest BCUT2D eigenvalue weighted by molar-refractivity contribution is -0.134. The van der Waals surface area contributed by atoms with Gasteiger partial charge in [-0.1, -0.05) is 13.3 Å². The van der Waals surface area contributed by atoms with Gasteiger partial charge in [-0.05, 0) is 38.9 Å². The smallest absolute Gasteiger partial charge is 0.235 e. The highest BCUT2D eigenvalue weighted by molar-refractivity contribution is 8.00. The zero-order valence-corrected chi connectivity index (χ0v) is 12.8. The first-order chi connectivity index (χ1) is 8.69. The van der Waals surface area contributed by atoms with Gasteiger partial charge in [-0.25, -0.2) is 0 Å². The monoisotopic (exact) mass is 273 g/mol. The highest BCUT2D eigenvalue weighted by atomic mass is 32.2. The highest BCUT2D eigenvalue weighted by Crippen LogP contribution is 2.19. The van der Waals surface area contributed by atoms with Gasteiger partial charge in [-0.3, -0.25) is 4.79 Å². The van der Waals surface area contributed by atoms with Crippen molar-refractivity contribution in [3.63, 3.8) is 0 Å². The fourth-order valence-corrected chi connectivity index (χ4v) is 3.34. The minimum Gasteiger partial charge on any atom is -0.377 e. The lowest BCUT2D eigenvalue weighted by Gasteiger charge is -2.34. The van der Waals surface area contributed by atoms with Crippen molar-refractivity contribution in [2.24, 2.45) is 0 Å². The van der Waals surface area contributed by atoms with E-state index in [0.717, 1.165) is 38.3 Å². The van der Waals surface area contributed by atoms with E-state index >= 15 is 0 Å². The molecule has 1 fully saturated rings. The predicted octanol–water partition coefficient (Wildman–Crippen LogP) is 2.94. The number of amides is 1. The highest BCUT2D eigenvalue weighted by Gasteiger charge is 2.26. The molecule has 3 nitrogen and oxygen atoms in total. The van der Waals surface area contributed by atoms with Crippen LogP contribution in [0.4, 0.5) is 0 Å². The van der Waals surface area contributed by atoms with E-state index in [9.17, 15) is 4.79 Å². The maximum absolute atomic E-state index is 12.3. The third-order valence-electron chi connectivity index (χ3n) is 3.31. The first kappa shape index (κ1) is 15.8. The van der Waals surface area contributed by atoms with Crippen molar-refractivity contribution in [1.29, 1.82) is 0 Å². The van der Waals surface area contributed by atoms with E-state index in [0.29, 0.717) is 5.91 Å². The van der Waals surface area contributed by atoms with Crippen LogP contribution in [0, 0.1) is 0 Å².